The van der Waals surface area contributed by atoms with Crippen LogP contribution < -0.4 is 20.4 Å². The Balaban J connectivity index is 1.54. The fourth-order valence-electron chi connectivity index (χ4n) is 5.55. The van der Waals surface area contributed by atoms with Gasteiger partial charge < -0.3 is 34.1 Å². The number of ether oxygens (including phenoxy) is 3. The molecule has 2 N–H and O–H groups in total. The molecule has 2 aromatic rings. The lowest BCUT2D eigenvalue weighted by atomic mass is 9.91. The number of aromatic carboxylic acids is 1. The number of methoxy groups -OCH3 is 1. The van der Waals surface area contributed by atoms with E-state index in [0.29, 0.717) is 25.2 Å². The third-order valence-corrected chi connectivity index (χ3v) is 7.32. The standard InChI is InChI=1S/C26H32FN3O7/c1-25(2,3)37-24(34)28-12-26-13-29(10-14(26)7-8-36-26)20-18(27)9-16-19(22(20)35-4)30(15-5-6-15)11-17(21(16)31)23(32)33/h9,11,14-15H,5-8,10,12-13H2,1-4H3,(H,28,34)(H,32,33). The fourth-order valence-corrected chi connectivity index (χ4v) is 5.55. The van der Waals surface area contributed by atoms with Crippen molar-refractivity contribution in [3.8, 4) is 5.75 Å². The van der Waals surface area contributed by atoms with Crippen LogP contribution in [0.25, 0.3) is 10.9 Å². The molecular weight excluding hydrogens is 485 g/mol. The highest BCUT2D eigenvalue weighted by Gasteiger charge is 2.52. The molecule has 0 radical (unpaired) electrons. The van der Waals surface area contributed by atoms with Crippen molar-refractivity contribution in [2.24, 2.45) is 5.92 Å². The Morgan fingerprint density at radius 1 is 1.30 bits per heavy atom. The third kappa shape index (κ3) is 4.49. The Bertz CT molecular complexity index is 1330. The van der Waals surface area contributed by atoms with Gasteiger partial charge in [0.2, 0.25) is 5.43 Å². The summed E-state index contributed by atoms with van der Waals surface area (Å²) in [5, 5.41) is 12.3. The lowest BCUT2D eigenvalue weighted by Crippen LogP contribution is -2.49. The van der Waals surface area contributed by atoms with Crippen LogP contribution in [-0.2, 0) is 9.47 Å². The Hall–Kier alpha value is -3.34. The van der Waals surface area contributed by atoms with E-state index in [1.54, 1.807) is 25.3 Å². The van der Waals surface area contributed by atoms with Gasteiger partial charge in [0, 0.05) is 37.9 Å². The minimum atomic E-state index is -1.35. The summed E-state index contributed by atoms with van der Waals surface area (Å²) in [6.45, 7) is 6.86. The second-order valence-corrected chi connectivity index (χ2v) is 11.1. The van der Waals surface area contributed by atoms with Crippen molar-refractivity contribution < 1.29 is 33.3 Å². The Morgan fingerprint density at radius 2 is 2.03 bits per heavy atom. The van der Waals surface area contributed by atoms with E-state index in [4.69, 9.17) is 14.2 Å². The van der Waals surface area contributed by atoms with Gasteiger partial charge in [-0.2, -0.15) is 0 Å². The molecule has 37 heavy (non-hydrogen) atoms. The maximum Gasteiger partial charge on any atom is 0.407 e. The molecule has 10 nitrogen and oxygen atoms in total. The molecule has 1 saturated carbocycles. The van der Waals surface area contributed by atoms with Gasteiger partial charge in [-0.1, -0.05) is 0 Å². The average molecular weight is 518 g/mol. The number of hydrogen-bond acceptors (Lipinski definition) is 7. The monoisotopic (exact) mass is 517 g/mol. The average Bonchev–Trinajstić information content (AvgIpc) is 3.48. The topological polar surface area (TPSA) is 119 Å². The van der Waals surface area contributed by atoms with Crippen molar-refractivity contribution >= 4 is 28.7 Å². The molecule has 5 rings (SSSR count). The molecule has 200 valence electrons. The number of halogens is 1. The van der Waals surface area contributed by atoms with E-state index in [2.05, 4.69) is 5.32 Å². The number of nitrogens with one attached hydrogen (secondary N) is 1. The highest BCUT2D eigenvalue weighted by molar-refractivity contribution is 5.97. The highest BCUT2D eigenvalue weighted by atomic mass is 19.1. The summed E-state index contributed by atoms with van der Waals surface area (Å²) in [7, 11) is 1.41. The molecule has 0 spiro atoms. The van der Waals surface area contributed by atoms with Gasteiger partial charge in [-0.25, -0.2) is 14.0 Å². The van der Waals surface area contributed by atoms with Crippen LogP contribution in [0.5, 0.6) is 5.75 Å². The maximum absolute atomic E-state index is 15.7. The van der Waals surface area contributed by atoms with Crippen LogP contribution in [0.1, 0.15) is 56.4 Å². The molecule has 1 aromatic carbocycles. The number of carboxylic acids is 1. The van der Waals surface area contributed by atoms with E-state index >= 15 is 4.39 Å². The van der Waals surface area contributed by atoms with E-state index in [-0.39, 0.29) is 35.3 Å². The molecule has 3 aliphatic rings. The second-order valence-electron chi connectivity index (χ2n) is 11.1. The van der Waals surface area contributed by atoms with Crippen molar-refractivity contribution in [1.82, 2.24) is 9.88 Å². The van der Waals surface area contributed by atoms with Gasteiger partial charge in [0.25, 0.3) is 0 Å². The molecule has 2 saturated heterocycles. The van der Waals surface area contributed by atoms with Crippen LogP contribution in [0.4, 0.5) is 14.9 Å². The molecule has 11 heteroatoms. The van der Waals surface area contributed by atoms with Crippen LogP contribution in [0, 0.1) is 11.7 Å². The predicted molar refractivity (Wildman–Crippen MR) is 133 cm³/mol. The van der Waals surface area contributed by atoms with Gasteiger partial charge in [0.15, 0.2) is 11.6 Å². The van der Waals surface area contributed by atoms with Crippen LogP contribution in [0.3, 0.4) is 0 Å². The molecule has 2 aliphatic heterocycles. The minimum Gasteiger partial charge on any atom is -0.492 e. The third-order valence-electron chi connectivity index (χ3n) is 7.32. The van der Waals surface area contributed by atoms with Gasteiger partial charge >= 0.3 is 12.1 Å². The van der Waals surface area contributed by atoms with Crippen LogP contribution in [0.15, 0.2) is 17.1 Å². The summed E-state index contributed by atoms with van der Waals surface area (Å²) in [4.78, 5) is 38.8. The number of hydrogen-bond donors (Lipinski definition) is 2. The summed E-state index contributed by atoms with van der Waals surface area (Å²) in [6.07, 6.45) is 3.19. The van der Waals surface area contributed by atoms with E-state index in [1.807, 2.05) is 4.90 Å². The molecule has 3 fully saturated rings. The summed E-state index contributed by atoms with van der Waals surface area (Å²) < 4.78 is 34.7. The molecule has 1 aliphatic carbocycles. The first-order chi connectivity index (χ1) is 17.4. The number of carbonyl (C=O) groups excluding carboxylic acids is 1. The fraction of sp³-hybridized carbons (Fsp3) is 0.577. The zero-order chi connectivity index (χ0) is 26.7. The second kappa shape index (κ2) is 8.90. The Morgan fingerprint density at radius 3 is 2.65 bits per heavy atom. The number of rotatable bonds is 6. The number of pyridine rings is 1. The van der Waals surface area contributed by atoms with Gasteiger partial charge in [0.1, 0.15) is 22.5 Å². The maximum atomic E-state index is 15.7. The normalized spacial score (nSPS) is 23.3. The van der Waals surface area contributed by atoms with E-state index < -0.39 is 40.1 Å². The van der Waals surface area contributed by atoms with Crippen molar-refractivity contribution in [3.63, 3.8) is 0 Å². The molecule has 1 aromatic heterocycles. The van der Waals surface area contributed by atoms with E-state index in [9.17, 15) is 19.5 Å². The molecule has 1 amide bonds. The first-order valence-electron chi connectivity index (χ1n) is 12.5. The Labute approximate surface area is 213 Å². The SMILES string of the molecule is COc1c(N2CC3CCOC3(CNC(=O)OC(C)(C)C)C2)c(F)cc2c(=O)c(C(=O)O)cn(C3CC3)c12. The smallest absolute Gasteiger partial charge is 0.407 e. The largest absolute Gasteiger partial charge is 0.492 e. The van der Waals surface area contributed by atoms with Crippen LogP contribution >= 0.6 is 0 Å². The molecule has 2 unspecified atom stereocenters. The van der Waals surface area contributed by atoms with Gasteiger partial charge in [-0.3, -0.25) is 4.79 Å². The predicted octanol–water partition coefficient (Wildman–Crippen LogP) is 3.30. The summed E-state index contributed by atoms with van der Waals surface area (Å²) in [5.74, 6) is -1.82. The van der Waals surface area contributed by atoms with Gasteiger partial charge in [-0.05, 0) is 46.1 Å². The van der Waals surface area contributed by atoms with Crippen molar-refractivity contribution in [2.45, 2.75) is 57.3 Å². The number of nitrogens with zero attached hydrogens (tertiary/aromatic N) is 2. The summed E-state index contributed by atoms with van der Waals surface area (Å²) >= 11 is 0. The zero-order valence-corrected chi connectivity index (χ0v) is 21.4. The number of alkyl carbamates (subject to hydrolysis) is 1. The first kappa shape index (κ1) is 25.3. The van der Waals surface area contributed by atoms with Crippen LogP contribution in [-0.4, -0.2) is 66.3 Å². The number of benzene rings is 1. The summed E-state index contributed by atoms with van der Waals surface area (Å²) in [5.41, 5.74) is -1.93. The summed E-state index contributed by atoms with van der Waals surface area (Å²) in [6, 6.07) is 1.13. The molecule has 0 bridgehead atoms. The highest BCUT2D eigenvalue weighted by Crippen LogP contribution is 2.47. The van der Waals surface area contributed by atoms with Gasteiger partial charge in [0.05, 0.1) is 24.6 Å². The zero-order valence-electron chi connectivity index (χ0n) is 21.4. The van der Waals surface area contributed by atoms with Crippen molar-refractivity contribution in [3.05, 3.63) is 33.9 Å². The van der Waals surface area contributed by atoms with E-state index in [0.717, 1.165) is 25.3 Å². The number of amides is 1. The number of aromatic nitrogens is 1. The number of carbonyl (C=O) groups is 2. The lowest BCUT2D eigenvalue weighted by molar-refractivity contribution is -0.000283. The van der Waals surface area contributed by atoms with Crippen molar-refractivity contribution in [2.75, 3.05) is 38.3 Å². The van der Waals surface area contributed by atoms with E-state index in [1.165, 1.54) is 13.3 Å². The van der Waals surface area contributed by atoms with Crippen molar-refractivity contribution in [1.29, 1.82) is 0 Å². The molecular formula is C26H32FN3O7. The number of anilines is 1. The minimum absolute atomic E-state index is 0.0130. The van der Waals surface area contributed by atoms with Crippen LogP contribution in [0.2, 0.25) is 0 Å². The Kier molecular flexibility index (Phi) is 6.09. The number of fused-ring (bicyclic) bond motifs is 2. The molecule has 2 atom stereocenters. The lowest BCUT2D eigenvalue weighted by Gasteiger charge is -2.30. The van der Waals surface area contributed by atoms with Gasteiger partial charge in [-0.15, -0.1) is 0 Å². The molecule has 3 heterocycles. The number of carboxylic acid groups (broad SMARTS) is 1. The first-order valence-corrected chi connectivity index (χ1v) is 12.5. The quantitative estimate of drug-likeness (QED) is 0.599.